The normalized spacial score (nSPS) is 26.0. The summed E-state index contributed by atoms with van der Waals surface area (Å²) in [6.07, 6.45) is 1.38. The second-order valence-electron chi connectivity index (χ2n) is 8.36. The third-order valence-corrected chi connectivity index (χ3v) is 8.86. The summed E-state index contributed by atoms with van der Waals surface area (Å²) < 4.78 is 45.7. The van der Waals surface area contributed by atoms with Gasteiger partial charge in [0.25, 0.3) is 0 Å². The van der Waals surface area contributed by atoms with Gasteiger partial charge in [-0.05, 0) is 47.8 Å². The summed E-state index contributed by atoms with van der Waals surface area (Å²) in [5.41, 5.74) is 7.19. The number of nitrogens with two attached hydrogens (primary N) is 1. The van der Waals surface area contributed by atoms with Crippen molar-refractivity contribution in [2.45, 2.75) is 37.5 Å². The van der Waals surface area contributed by atoms with Gasteiger partial charge in [-0.15, -0.1) is 0 Å². The molecule has 0 radical (unpaired) electrons. The average molecular weight is 432 g/mol. The summed E-state index contributed by atoms with van der Waals surface area (Å²) in [5, 5.41) is 3.97. The summed E-state index contributed by atoms with van der Waals surface area (Å²) in [6.45, 7) is 5.18. The number of aliphatic imine (C=N–C) groups is 1. The van der Waals surface area contributed by atoms with Crippen LogP contribution in [0.3, 0.4) is 0 Å². The van der Waals surface area contributed by atoms with Crippen molar-refractivity contribution in [3.8, 4) is 0 Å². The summed E-state index contributed by atoms with van der Waals surface area (Å²) in [5.74, 6) is 3.16. The van der Waals surface area contributed by atoms with Crippen LogP contribution in [0.4, 0.5) is 8.78 Å². The van der Waals surface area contributed by atoms with Crippen LogP contribution in [0.25, 0.3) is 11.1 Å². The van der Waals surface area contributed by atoms with E-state index >= 15 is 0 Å². The molecule has 0 amide bonds. The Morgan fingerprint density at radius 3 is 2.70 bits per heavy atom. The maximum Gasteiger partial charge on any atom is 0.188 e. The summed E-state index contributed by atoms with van der Waals surface area (Å²) in [6, 6.07) is 5.82. The highest BCUT2D eigenvalue weighted by molar-refractivity contribution is 8.02. The van der Waals surface area contributed by atoms with Gasteiger partial charge >= 0.3 is 0 Å². The molecular weight excluding hydrogens is 410 g/mol. The number of aromatic nitrogens is 2. The van der Waals surface area contributed by atoms with Crippen molar-refractivity contribution >= 4 is 32.3 Å². The Bertz CT molecular complexity index is 1300. The highest BCUT2D eigenvalue weighted by Gasteiger charge is 2.45. The minimum atomic E-state index is -2.67. The van der Waals surface area contributed by atoms with Gasteiger partial charge in [0, 0.05) is 23.8 Å². The van der Waals surface area contributed by atoms with Gasteiger partial charge in [-0.2, -0.15) is 0 Å². The van der Waals surface area contributed by atoms with Crippen LogP contribution in [0, 0.1) is 11.6 Å². The topological polar surface area (TPSA) is 94.4 Å². The van der Waals surface area contributed by atoms with Gasteiger partial charge in [0.2, 0.25) is 0 Å². The second kappa shape index (κ2) is 6.60. The van der Waals surface area contributed by atoms with E-state index in [9.17, 15) is 13.0 Å². The third-order valence-electron chi connectivity index (χ3n) is 5.76. The van der Waals surface area contributed by atoms with Gasteiger partial charge in [0.1, 0.15) is 28.7 Å². The van der Waals surface area contributed by atoms with Crippen molar-refractivity contribution < 1.29 is 17.5 Å². The summed E-state index contributed by atoms with van der Waals surface area (Å²) >= 11 is 0. The molecule has 4 rings (SSSR count). The Balaban J connectivity index is 1.76. The Morgan fingerprint density at radius 2 is 2.00 bits per heavy atom. The van der Waals surface area contributed by atoms with Crippen LogP contribution < -0.4 is 5.73 Å². The molecular formula is C21H22F2N4O2S. The zero-order chi connectivity index (χ0) is 21.9. The molecule has 2 N–H and O–H groups in total. The number of rotatable bonds is 3. The molecule has 2 aromatic heterocycles. The number of hydrogen-bond acceptors (Lipinski definition) is 6. The van der Waals surface area contributed by atoms with Crippen LogP contribution in [0.15, 0.2) is 40.0 Å². The van der Waals surface area contributed by atoms with Gasteiger partial charge in [-0.3, -0.25) is 9.20 Å². The van der Waals surface area contributed by atoms with Crippen molar-refractivity contribution in [1.29, 1.82) is 0 Å². The lowest BCUT2D eigenvalue weighted by molar-refractivity contribution is 0.446. The average Bonchev–Trinajstić information content (AvgIpc) is 3.03. The lowest BCUT2D eigenvalue weighted by Gasteiger charge is -2.41. The molecule has 0 saturated carbocycles. The molecule has 158 valence electrons. The number of hydrogen-bond donors (Lipinski definition) is 1. The molecule has 3 aromatic rings. The number of amidine groups is 1. The van der Waals surface area contributed by atoms with Gasteiger partial charge in [-0.25, -0.2) is 13.8 Å². The molecule has 0 bridgehead atoms. The first-order valence-electron chi connectivity index (χ1n) is 9.32. The van der Waals surface area contributed by atoms with Gasteiger partial charge in [-0.1, -0.05) is 17.3 Å². The van der Waals surface area contributed by atoms with Gasteiger partial charge in [0.05, 0.1) is 16.5 Å². The largest absolute Gasteiger partial charge is 0.386 e. The summed E-state index contributed by atoms with van der Waals surface area (Å²) in [7, 11) is -2.67. The first-order valence-corrected chi connectivity index (χ1v) is 11.2. The van der Waals surface area contributed by atoms with Crippen LogP contribution in [0.2, 0.25) is 0 Å². The maximum absolute atomic E-state index is 14.8. The fraction of sp³-hybridized carbons (Fsp3) is 0.333. The monoisotopic (exact) mass is 432 g/mol. The molecule has 6 nitrogen and oxygen atoms in total. The molecule has 3 heterocycles. The lowest BCUT2D eigenvalue weighted by atomic mass is 9.91. The fourth-order valence-corrected chi connectivity index (χ4v) is 5.57. The SMILES string of the molecule is C=S1(=O)C[C@@](C)(c2cc(Cc3noc4cc(F)cnc34)ccc2F)N=C(N)C1(C)C. The summed E-state index contributed by atoms with van der Waals surface area (Å²) in [4.78, 5) is 8.57. The Morgan fingerprint density at radius 1 is 1.27 bits per heavy atom. The number of pyridine rings is 1. The van der Waals surface area contributed by atoms with Crippen molar-refractivity contribution in [3.05, 3.63) is 58.9 Å². The van der Waals surface area contributed by atoms with Crippen molar-refractivity contribution in [2.75, 3.05) is 5.75 Å². The molecule has 0 saturated heterocycles. The van der Waals surface area contributed by atoms with E-state index in [1.54, 1.807) is 32.9 Å². The van der Waals surface area contributed by atoms with Crippen molar-refractivity contribution in [3.63, 3.8) is 0 Å². The quantitative estimate of drug-likeness (QED) is 0.642. The van der Waals surface area contributed by atoms with E-state index in [-0.39, 0.29) is 22.7 Å². The zero-order valence-corrected chi connectivity index (χ0v) is 17.7. The number of fused-ring (bicyclic) bond motifs is 1. The molecule has 30 heavy (non-hydrogen) atoms. The minimum Gasteiger partial charge on any atom is -0.386 e. The van der Waals surface area contributed by atoms with E-state index < -0.39 is 31.4 Å². The molecule has 0 spiro atoms. The molecule has 1 aliphatic rings. The standard InChI is InChI=1S/C21H22F2N4O2S/c1-20(2)19(24)26-21(3,11-30(20,4)28)14-7-12(5-6-15(14)23)8-16-18-17(29-27-16)9-13(22)10-25-18/h5-7,9-10H,4,8,11H2,1-3H3,(H2,24,26)/t21-,30?/m0/s1. The molecule has 0 fully saturated rings. The van der Waals surface area contributed by atoms with E-state index in [2.05, 4.69) is 21.0 Å². The van der Waals surface area contributed by atoms with Crippen molar-refractivity contribution in [1.82, 2.24) is 10.1 Å². The van der Waals surface area contributed by atoms with Crippen LogP contribution in [0.1, 0.15) is 37.6 Å². The minimum absolute atomic E-state index is 0.0712. The van der Waals surface area contributed by atoms with Crippen LogP contribution in [-0.4, -0.2) is 36.6 Å². The highest BCUT2D eigenvalue weighted by atomic mass is 32.2. The molecule has 0 aliphatic carbocycles. The predicted octanol–water partition coefficient (Wildman–Crippen LogP) is 3.17. The van der Waals surface area contributed by atoms with E-state index in [4.69, 9.17) is 10.3 Å². The van der Waals surface area contributed by atoms with Crippen LogP contribution >= 0.6 is 0 Å². The zero-order valence-electron chi connectivity index (χ0n) is 16.9. The fourth-order valence-electron chi connectivity index (χ4n) is 3.65. The van der Waals surface area contributed by atoms with Crippen molar-refractivity contribution in [2.24, 2.45) is 10.7 Å². The first kappa shape index (κ1) is 20.5. The highest BCUT2D eigenvalue weighted by Crippen LogP contribution is 2.38. The van der Waals surface area contributed by atoms with Crippen LogP contribution in [0.5, 0.6) is 0 Å². The molecule has 1 aliphatic heterocycles. The van der Waals surface area contributed by atoms with E-state index in [0.717, 1.165) is 11.8 Å². The van der Waals surface area contributed by atoms with Gasteiger partial charge < -0.3 is 10.3 Å². The third kappa shape index (κ3) is 3.17. The molecule has 1 aromatic carbocycles. The first-order chi connectivity index (χ1) is 13.9. The Kier molecular flexibility index (Phi) is 4.50. The van der Waals surface area contributed by atoms with E-state index in [1.165, 1.54) is 12.1 Å². The van der Waals surface area contributed by atoms with Gasteiger partial charge in [0.15, 0.2) is 5.58 Å². The molecule has 1 unspecified atom stereocenters. The molecule has 2 atom stereocenters. The number of halogens is 2. The Labute approximate surface area is 173 Å². The lowest BCUT2D eigenvalue weighted by Crippen LogP contribution is -2.54. The second-order valence-corrected chi connectivity index (χ2v) is 11.3. The molecule has 9 heteroatoms. The Hall–Kier alpha value is -2.81. The van der Waals surface area contributed by atoms with E-state index in [1.807, 2.05) is 0 Å². The van der Waals surface area contributed by atoms with E-state index in [0.29, 0.717) is 17.6 Å². The number of nitrogens with zero attached hydrogens (tertiary/aromatic N) is 3. The van der Waals surface area contributed by atoms with Crippen LogP contribution in [-0.2, 0) is 21.5 Å². The maximum atomic E-state index is 14.8. The predicted molar refractivity (Wildman–Crippen MR) is 114 cm³/mol. The number of benzene rings is 1. The smallest absolute Gasteiger partial charge is 0.188 e.